The summed E-state index contributed by atoms with van der Waals surface area (Å²) >= 11 is 1.50. The molecule has 0 bridgehead atoms. The van der Waals surface area contributed by atoms with Gasteiger partial charge in [0.15, 0.2) is 5.13 Å². The molecule has 162 valence electrons. The summed E-state index contributed by atoms with van der Waals surface area (Å²) < 4.78 is 0. The maximum atomic E-state index is 12.4. The van der Waals surface area contributed by atoms with Crippen LogP contribution in [-0.4, -0.2) is 34.9 Å². The number of rotatable bonds is 9. The number of nitrogens with one attached hydrogen (secondary N) is 3. The van der Waals surface area contributed by atoms with Gasteiger partial charge in [-0.2, -0.15) is 5.26 Å². The van der Waals surface area contributed by atoms with E-state index in [-0.39, 0.29) is 18.4 Å². The second-order valence-corrected chi connectivity index (χ2v) is 7.71. The fourth-order valence-electron chi connectivity index (χ4n) is 2.76. The molecule has 0 fully saturated rings. The van der Waals surface area contributed by atoms with Crippen LogP contribution in [0.3, 0.4) is 0 Å². The first-order valence-electron chi connectivity index (χ1n) is 9.88. The minimum Gasteiger partial charge on any atom is -0.352 e. The van der Waals surface area contributed by atoms with Crippen molar-refractivity contribution < 1.29 is 9.59 Å². The van der Waals surface area contributed by atoms with E-state index in [0.717, 1.165) is 27.6 Å². The van der Waals surface area contributed by atoms with Crippen LogP contribution in [-0.2, 0) is 4.79 Å². The van der Waals surface area contributed by atoms with E-state index in [9.17, 15) is 9.59 Å². The Morgan fingerprint density at radius 2 is 1.88 bits per heavy atom. The number of nitriles is 1. The number of hydrogen-bond donors (Lipinski definition) is 3. The Bertz CT molecular complexity index is 1130. The summed E-state index contributed by atoms with van der Waals surface area (Å²) in [5.41, 5.74) is 4.03. The third-order valence-electron chi connectivity index (χ3n) is 4.40. The van der Waals surface area contributed by atoms with Crippen molar-refractivity contribution >= 4 is 34.0 Å². The number of carbonyl (C=O) groups is 2. The number of anilines is 2. The van der Waals surface area contributed by atoms with Gasteiger partial charge in [0.05, 0.1) is 11.8 Å². The lowest BCUT2D eigenvalue weighted by Crippen LogP contribution is -2.25. The zero-order chi connectivity index (χ0) is 22.8. The number of pyridine rings is 1. The second kappa shape index (κ2) is 11.4. The average molecular weight is 447 g/mol. The molecule has 0 radical (unpaired) electrons. The van der Waals surface area contributed by atoms with Gasteiger partial charge in [0.25, 0.3) is 5.91 Å². The van der Waals surface area contributed by atoms with Gasteiger partial charge in [-0.25, -0.2) is 4.98 Å². The standard InChI is InChI=1S/C23H22N6O2S/c1-16(14-21(30)26-13-9-24)6-12-27-22(31)18-4-2-17(3-5-18)20-15-32-23(29-20)28-19-7-10-25-11-8-19/h2-5,7-8,10-11,14-15H,6,12-13H2,1H3,(H,26,30)(H,27,31)(H,25,28,29). The van der Waals surface area contributed by atoms with E-state index in [1.165, 1.54) is 17.4 Å². The van der Waals surface area contributed by atoms with Gasteiger partial charge in [-0.1, -0.05) is 17.7 Å². The lowest BCUT2D eigenvalue weighted by atomic mass is 10.1. The van der Waals surface area contributed by atoms with Gasteiger partial charge >= 0.3 is 0 Å². The summed E-state index contributed by atoms with van der Waals surface area (Å²) in [6, 6.07) is 12.8. The molecule has 32 heavy (non-hydrogen) atoms. The van der Waals surface area contributed by atoms with E-state index in [1.807, 2.05) is 35.7 Å². The van der Waals surface area contributed by atoms with Crippen LogP contribution in [0.25, 0.3) is 11.3 Å². The number of aromatic nitrogens is 2. The summed E-state index contributed by atoms with van der Waals surface area (Å²) in [5, 5.41) is 19.7. The van der Waals surface area contributed by atoms with E-state index < -0.39 is 0 Å². The van der Waals surface area contributed by atoms with Crippen molar-refractivity contribution in [2.45, 2.75) is 13.3 Å². The highest BCUT2D eigenvalue weighted by Gasteiger charge is 2.08. The third-order valence-corrected chi connectivity index (χ3v) is 5.16. The van der Waals surface area contributed by atoms with Gasteiger partial charge in [-0.15, -0.1) is 11.3 Å². The monoisotopic (exact) mass is 446 g/mol. The van der Waals surface area contributed by atoms with Crippen molar-refractivity contribution in [1.82, 2.24) is 20.6 Å². The first-order valence-corrected chi connectivity index (χ1v) is 10.8. The van der Waals surface area contributed by atoms with E-state index in [4.69, 9.17) is 5.26 Å². The Morgan fingerprint density at radius 3 is 2.59 bits per heavy atom. The summed E-state index contributed by atoms with van der Waals surface area (Å²) in [6.45, 7) is 2.18. The van der Waals surface area contributed by atoms with Crippen LogP contribution in [0.5, 0.6) is 0 Å². The Labute approximate surface area is 190 Å². The SMILES string of the molecule is CC(=CC(=O)NCC#N)CCNC(=O)c1ccc(-c2csc(Nc3ccncc3)n2)cc1. The van der Waals surface area contributed by atoms with Crippen LogP contribution in [0.4, 0.5) is 10.8 Å². The summed E-state index contributed by atoms with van der Waals surface area (Å²) in [4.78, 5) is 32.5. The van der Waals surface area contributed by atoms with Crippen LogP contribution in [0, 0.1) is 11.3 Å². The minimum absolute atomic E-state index is 0.0290. The van der Waals surface area contributed by atoms with Gasteiger partial charge < -0.3 is 16.0 Å². The zero-order valence-electron chi connectivity index (χ0n) is 17.5. The van der Waals surface area contributed by atoms with Gasteiger partial charge in [0.2, 0.25) is 5.91 Å². The Kier molecular flexibility index (Phi) is 8.06. The minimum atomic E-state index is -0.313. The number of carbonyl (C=O) groups excluding carboxylic acids is 2. The van der Waals surface area contributed by atoms with Crippen molar-refractivity contribution in [3.63, 3.8) is 0 Å². The molecule has 0 saturated heterocycles. The quantitative estimate of drug-likeness (QED) is 0.341. The molecule has 2 aromatic heterocycles. The predicted molar refractivity (Wildman–Crippen MR) is 124 cm³/mol. The number of hydrogen-bond acceptors (Lipinski definition) is 7. The first-order chi connectivity index (χ1) is 15.5. The predicted octanol–water partition coefficient (Wildman–Crippen LogP) is 3.65. The van der Waals surface area contributed by atoms with Crippen molar-refractivity contribution in [3.05, 3.63) is 71.4 Å². The molecule has 2 heterocycles. The van der Waals surface area contributed by atoms with Crippen molar-refractivity contribution in [2.75, 3.05) is 18.4 Å². The molecule has 3 N–H and O–H groups in total. The van der Waals surface area contributed by atoms with Crippen LogP contribution in [0.2, 0.25) is 0 Å². The highest BCUT2D eigenvalue weighted by atomic mass is 32.1. The Balaban J connectivity index is 1.51. The van der Waals surface area contributed by atoms with Gasteiger partial charge in [0, 0.05) is 47.2 Å². The maximum absolute atomic E-state index is 12.4. The largest absolute Gasteiger partial charge is 0.352 e. The number of amides is 2. The van der Waals surface area contributed by atoms with Gasteiger partial charge in [-0.05, 0) is 37.6 Å². The summed E-state index contributed by atoms with van der Waals surface area (Å²) in [6.07, 6.45) is 5.40. The topological polar surface area (TPSA) is 120 Å². The molecule has 8 nitrogen and oxygen atoms in total. The van der Waals surface area contributed by atoms with E-state index in [1.54, 1.807) is 31.5 Å². The molecule has 0 aliphatic rings. The number of thiazole rings is 1. The molecule has 0 unspecified atom stereocenters. The van der Waals surface area contributed by atoms with Crippen molar-refractivity contribution in [1.29, 1.82) is 5.26 Å². The highest BCUT2D eigenvalue weighted by Crippen LogP contribution is 2.27. The molecule has 0 aliphatic heterocycles. The smallest absolute Gasteiger partial charge is 0.251 e. The maximum Gasteiger partial charge on any atom is 0.251 e. The van der Waals surface area contributed by atoms with E-state index in [0.29, 0.717) is 18.5 Å². The molecule has 3 rings (SSSR count). The molecule has 3 aromatic rings. The number of nitrogens with zero attached hydrogens (tertiary/aromatic N) is 3. The normalized spacial score (nSPS) is 10.8. The Morgan fingerprint density at radius 1 is 1.12 bits per heavy atom. The highest BCUT2D eigenvalue weighted by molar-refractivity contribution is 7.14. The lowest BCUT2D eigenvalue weighted by molar-refractivity contribution is -0.116. The zero-order valence-corrected chi connectivity index (χ0v) is 18.3. The van der Waals surface area contributed by atoms with Crippen molar-refractivity contribution in [2.24, 2.45) is 0 Å². The van der Waals surface area contributed by atoms with E-state index >= 15 is 0 Å². The molecular formula is C23H22N6O2S. The van der Waals surface area contributed by atoms with Crippen LogP contribution in [0.1, 0.15) is 23.7 Å². The lowest BCUT2D eigenvalue weighted by Gasteiger charge is -2.06. The summed E-state index contributed by atoms with van der Waals surface area (Å²) in [5.74, 6) is -0.497. The molecular weight excluding hydrogens is 424 g/mol. The van der Waals surface area contributed by atoms with Gasteiger partial charge in [0.1, 0.15) is 6.54 Å². The third kappa shape index (κ3) is 6.75. The second-order valence-electron chi connectivity index (χ2n) is 6.85. The van der Waals surface area contributed by atoms with Crippen LogP contribution >= 0.6 is 11.3 Å². The van der Waals surface area contributed by atoms with E-state index in [2.05, 4.69) is 25.9 Å². The fourth-order valence-corrected chi connectivity index (χ4v) is 3.50. The Hall–Kier alpha value is -4.03. The number of benzene rings is 1. The fraction of sp³-hybridized carbons (Fsp3) is 0.174. The molecule has 0 spiro atoms. The van der Waals surface area contributed by atoms with Crippen LogP contribution in [0.15, 0.2) is 65.8 Å². The average Bonchev–Trinajstić information content (AvgIpc) is 3.26. The van der Waals surface area contributed by atoms with Gasteiger partial charge in [-0.3, -0.25) is 14.6 Å². The molecule has 9 heteroatoms. The molecule has 1 aromatic carbocycles. The van der Waals surface area contributed by atoms with Crippen LogP contribution < -0.4 is 16.0 Å². The summed E-state index contributed by atoms with van der Waals surface area (Å²) in [7, 11) is 0. The molecule has 0 atom stereocenters. The molecule has 2 amide bonds. The molecule has 0 saturated carbocycles. The van der Waals surface area contributed by atoms with Crippen molar-refractivity contribution in [3.8, 4) is 17.3 Å². The molecule has 0 aliphatic carbocycles. The first kappa shape index (κ1) is 22.7.